The molecule has 0 amide bonds. The van der Waals surface area contributed by atoms with Gasteiger partial charge in [0.05, 0.1) is 16.6 Å². The van der Waals surface area contributed by atoms with Gasteiger partial charge in [-0.15, -0.1) is 0 Å². The molecule has 114 valence electrons. The fourth-order valence-electron chi connectivity index (χ4n) is 2.32. The topological polar surface area (TPSA) is 75.9 Å². The normalized spacial score (nSPS) is 11.4. The van der Waals surface area contributed by atoms with Crippen molar-refractivity contribution < 1.29 is 5.11 Å². The van der Waals surface area contributed by atoms with Crippen LogP contribution in [0.15, 0.2) is 42.5 Å². The molecule has 2 N–H and O–H groups in total. The molecule has 5 nitrogen and oxygen atoms in total. The number of imidazole rings is 1. The Morgan fingerprint density at radius 3 is 2.70 bits per heavy atom. The van der Waals surface area contributed by atoms with Gasteiger partial charge < -0.3 is 15.0 Å². The Balaban J connectivity index is 2.03. The van der Waals surface area contributed by atoms with Crippen LogP contribution in [0.2, 0.25) is 0 Å². The Labute approximate surface area is 134 Å². The van der Waals surface area contributed by atoms with E-state index in [1.807, 2.05) is 49.3 Å². The number of nitrogens with zero attached hydrogens (tertiary/aromatic N) is 3. The highest BCUT2D eigenvalue weighted by Crippen LogP contribution is 2.27. The Kier molecular flexibility index (Phi) is 3.73. The molecule has 0 radical (unpaired) electrons. The minimum absolute atomic E-state index is 0.125. The minimum atomic E-state index is 0.125. The number of fused-ring (bicyclic) bond motifs is 1. The average Bonchev–Trinajstić information content (AvgIpc) is 2.97. The molecule has 0 saturated carbocycles. The second-order valence-electron chi connectivity index (χ2n) is 5.41. The highest BCUT2D eigenvalue weighted by atomic mass is 16.3. The van der Waals surface area contributed by atoms with Crippen molar-refractivity contribution in [2.24, 2.45) is 0 Å². The van der Waals surface area contributed by atoms with Gasteiger partial charge in [-0.05, 0) is 30.3 Å². The molecule has 2 aromatic carbocycles. The molecule has 0 saturated heterocycles. The first kappa shape index (κ1) is 14.7. The van der Waals surface area contributed by atoms with Crippen LogP contribution in [0.1, 0.15) is 11.4 Å². The standard InChI is InChI=1S/C18H16N4O/c1-22(2)14-8-7-12(17(23)10-14)9-13(11-19)18-20-15-5-3-4-6-16(15)21-18/h3-10,23H,1-2H3,(H,20,21)/b13-9+. The van der Waals surface area contributed by atoms with Crippen molar-refractivity contribution in [3.05, 3.63) is 53.9 Å². The summed E-state index contributed by atoms with van der Waals surface area (Å²) in [6, 6.07) is 15.1. The number of phenolic OH excluding ortho intramolecular Hbond substituents is 1. The molecule has 0 bridgehead atoms. The van der Waals surface area contributed by atoms with E-state index in [0.29, 0.717) is 17.0 Å². The smallest absolute Gasteiger partial charge is 0.149 e. The van der Waals surface area contributed by atoms with Gasteiger partial charge in [0, 0.05) is 31.4 Å². The molecule has 0 aliphatic rings. The number of nitriles is 1. The van der Waals surface area contributed by atoms with Crippen LogP contribution in [-0.4, -0.2) is 29.2 Å². The Bertz CT molecular complexity index is 899. The summed E-state index contributed by atoms with van der Waals surface area (Å²) in [6.07, 6.45) is 1.63. The van der Waals surface area contributed by atoms with Crippen LogP contribution in [0.4, 0.5) is 5.69 Å². The van der Waals surface area contributed by atoms with Crippen LogP contribution in [0.5, 0.6) is 5.75 Å². The maximum Gasteiger partial charge on any atom is 0.149 e. The number of para-hydroxylation sites is 2. The first-order chi connectivity index (χ1) is 11.1. The summed E-state index contributed by atoms with van der Waals surface area (Å²) in [5.41, 5.74) is 3.51. The number of hydrogen-bond acceptors (Lipinski definition) is 4. The number of nitrogens with one attached hydrogen (secondary N) is 1. The van der Waals surface area contributed by atoms with E-state index in [1.165, 1.54) is 0 Å². The Hall–Kier alpha value is -3.26. The van der Waals surface area contributed by atoms with Crippen molar-refractivity contribution in [2.75, 3.05) is 19.0 Å². The summed E-state index contributed by atoms with van der Waals surface area (Å²) in [6.45, 7) is 0. The van der Waals surface area contributed by atoms with E-state index < -0.39 is 0 Å². The lowest BCUT2D eigenvalue weighted by Gasteiger charge is -2.13. The monoisotopic (exact) mass is 304 g/mol. The number of allylic oxidation sites excluding steroid dienone is 1. The van der Waals surface area contributed by atoms with E-state index in [-0.39, 0.29) is 5.75 Å². The lowest BCUT2D eigenvalue weighted by atomic mass is 10.1. The van der Waals surface area contributed by atoms with Gasteiger partial charge >= 0.3 is 0 Å². The fraction of sp³-hybridized carbons (Fsp3) is 0.111. The number of phenols is 1. The molecule has 0 atom stereocenters. The maximum atomic E-state index is 10.2. The van der Waals surface area contributed by atoms with Crippen molar-refractivity contribution in [3.63, 3.8) is 0 Å². The lowest BCUT2D eigenvalue weighted by molar-refractivity contribution is 0.474. The molecule has 1 aromatic heterocycles. The van der Waals surface area contributed by atoms with Crippen molar-refractivity contribution in [1.82, 2.24) is 9.97 Å². The van der Waals surface area contributed by atoms with Gasteiger partial charge in [-0.25, -0.2) is 4.98 Å². The molecule has 0 fully saturated rings. The first-order valence-electron chi connectivity index (χ1n) is 7.16. The third kappa shape index (κ3) is 2.87. The number of H-pyrrole nitrogens is 1. The molecular weight excluding hydrogens is 288 g/mol. The van der Waals surface area contributed by atoms with E-state index in [9.17, 15) is 10.4 Å². The molecule has 3 aromatic rings. The number of aromatic hydroxyl groups is 1. The number of benzene rings is 2. The average molecular weight is 304 g/mol. The summed E-state index contributed by atoms with van der Waals surface area (Å²) < 4.78 is 0. The number of hydrogen-bond donors (Lipinski definition) is 2. The summed E-state index contributed by atoms with van der Waals surface area (Å²) in [5, 5.41) is 19.6. The van der Waals surface area contributed by atoms with Crippen molar-refractivity contribution in [3.8, 4) is 11.8 Å². The molecule has 0 unspecified atom stereocenters. The van der Waals surface area contributed by atoms with Gasteiger partial charge in [0.15, 0.2) is 0 Å². The van der Waals surface area contributed by atoms with E-state index in [1.54, 1.807) is 18.2 Å². The number of anilines is 1. The molecule has 5 heteroatoms. The quantitative estimate of drug-likeness (QED) is 0.727. The van der Waals surface area contributed by atoms with Gasteiger partial charge in [0.1, 0.15) is 17.6 Å². The summed E-state index contributed by atoms with van der Waals surface area (Å²) in [4.78, 5) is 9.44. The van der Waals surface area contributed by atoms with Crippen molar-refractivity contribution in [1.29, 1.82) is 5.26 Å². The van der Waals surface area contributed by atoms with E-state index in [4.69, 9.17) is 0 Å². The van der Waals surface area contributed by atoms with Crippen LogP contribution < -0.4 is 4.90 Å². The Morgan fingerprint density at radius 1 is 1.26 bits per heavy atom. The third-order valence-corrected chi connectivity index (χ3v) is 3.60. The zero-order valence-corrected chi connectivity index (χ0v) is 12.9. The number of aromatic amines is 1. The minimum Gasteiger partial charge on any atom is -0.507 e. The molecule has 23 heavy (non-hydrogen) atoms. The van der Waals surface area contributed by atoms with Crippen molar-refractivity contribution in [2.45, 2.75) is 0 Å². The van der Waals surface area contributed by atoms with Crippen molar-refractivity contribution >= 4 is 28.4 Å². The highest BCUT2D eigenvalue weighted by Gasteiger charge is 2.09. The zero-order chi connectivity index (χ0) is 16.4. The number of rotatable bonds is 3. The van der Waals surface area contributed by atoms with Crippen LogP contribution in [0.3, 0.4) is 0 Å². The summed E-state index contributed by atoms with van der Waals surface area (Å²) >= 11 is 0. The third-order valence-electron chi connectivity index (χ3n) is 3.60. The first-order valence-corrected chi connectivity index (χ1v) is 7.16. The van der Waals surface area contributed by atoms with Crippen LogP contribution in [0.25, 0.3) is 22.7 Å². The predicted octanol–water partition coefficient (Wildman–Crippen LogP) is 3.40. The molecule has 3 rings (SSSR count). The largest absolute Gasteiger partial charge is 0.507 e. The second kappa shape index (κ2) is 5.85. The van der Waals surface area contributed by atoms with Crippen LogP contribution >= 0.6 is 0 Å². The van der Waals surface area contributed by atoms with E-state index >= 15 is 0 Å². The molecule has 1 heterocycles. The maximum absolute atomic E-state index is 10.2. The zero-order valence-electron chi connectivity index (χ0n) is 12.9. The number of aromatic nitrogens is 2. The van der Waals surface area contributed by atoms with Gasteiger partial charge in [-0.2, -0.15) is 5.26 Å². The molecular formula is C18H16N4O. The van der Waals surface area contributed by atoms with Gasteiger partial charge in [0.25, 0.3) is 0 Å². The van der Waals surface area contributed by atoms with Gasteiger partial charge in [0.2, 0.25) is 0 Å². The van der Waals surface area contributed by atoms with Crippen LogP contribution in [0, 0.1) is 11.3 Å². The predicted molar refractivity (Wildman–Crippen MR) is 92.0 cm³/mol. The van der Waals surface area contributed by atoms with E-state index in [2.05, 4.69) is 16.0 Å². The highest BCUT2D eigenvalue weighted by molar-refractivity contribution is 5.91. The molecule has 0 spiro atoms. The summed E-state index contributed by atoms with van der Waals surface area (Å²) in [7, 11) is 3.80. The van der Waals surface area contributed by atoms with Crippen LogP contribution in [-0.2, 0) is 0 Å². The van der Waals surface area contributed by atoms with Gasteiger partial charge in [-0.1, -0.05) is 12.1 Å². The van der Waals surface area contributed by atoms with E-state index in [0.717, 1.165) is 16.7 Å². The molecule has 0 aliphatic heterocycles. The lowest BCUT2D eigenvalue weighted by Crippen LogP contribution is -2.08. The molecule has 0 aliphatic carbocycles. The summed E-state index contributed by atoms with van der Waals surface area (Å²) in [5.74, 6) is 0.616. The fourth-order valence-corrected chi connectivity index (χ4v) is 2.32. The SMILES string of the molecule is CN(C)c1ccc(/C=C(\C#N)c2nc3ccccc3[nH]2)c(O)c1. The van der Waals surface area contributed by atoms with Gasteiger partial charge in [-0.3, -0.25) is 0 Å². The second-order valence-corrected chi connectivity index (χ2v) is 5.41. The Morgan fingerprint density at radius 2 is 2.04 bits per heavy atom.